The summed E-state index contributed by atoms with van der Waals surface area (Å²) in [5, 5.41) is 22.7. The van der Waals surface area contributed by atoms with Gasteiger partial charge in [-0.15, -0.1) is 15.3 Å². The van der Waals surface area contributed by atoms with E-state index in [1.807, 2.05) is 6.20 Å². The number of aromatic nitrogens is 7. The number of hydrogen-bond acceptors (Lipinski definition) is 9. The molecule has 0 radical (unpaired) electrons. The van der Waals surface area contributed by atoms with Crippen LogP contribution in [0.1, 0.15) is 57.9 Å². The van der Waals surface area contributed by atoms with E-state index >= 15 is 0 Å². The van der Waals surface area contributed by atoms with Crippen molar-refractivity contribution in [2.75, 3.05) is 11.9 Å². The second kappa shape index (κ2) is 9.06. The lowest BCUT2D eigenvalue weighted by atomic mass is 9.87. The van der Waals surface area contributed by atoms with E-state index in [0.29, 0.717) is 49.7 Å². The number of hydrogen-bond donors (Lipinski definition) is 2. The monoisotopic (exact) mass is 497 g/mol. The standard InChI is InChI=1S/C26H27N9O2/c36-24(35-8-7-20-22(14-35)31-34-30-20)12-23-32-33-25(37-23)17-5-6-18-13-27-26(29-21(18)11-17)28-19-9-15-3-1-2-4-16(15)10-19/h1-4,13,17,19H,5-12,14H2,(H,27,28,29)(H,30,31,34). The molecule has 11 nitrogen and oxygen atoms in total. The largest absolute Gasteiger partial charge is 0.424 e. The van der Waals surface area contributed by atoms with Crippen LogP contribution in [0.15, 0.2) is 34.9 Å². The lowest BCUT2D eigenvalue weighted by Gasteiger charge is -2.25. The zero-order valence-electron chi connectivity index (χ0n) is 20.4. The first-order valence-electron chi connectivity index (χ1n) is 12.8. The van der Waals surface area contributed by atoms with Gasteiger partial charge in [0, 0.05) is 43.2 Å². The van der Waals surface area contributed by atoms with Crippen LogP contribution in [0.4, 0.5) is 5.95 Å². The SMILES string of the molecule is O=C(Cc1nnc(C2CCc3cnc(NC4Cc5ccccc5C4)nc3C2)o1)N1CCc2nn[nH]c2C1. The van der Waals surface area contributed by atoms with Crippen molar-refractivity contribution in [3.05, 3.63) is 76.0 Å². The number of rotatable bonds is 5. The fourth-order valence-electron chi connectivity index (χ4n) is 5.68. The minimum Gasteiger partial charge on any atom is -0.424 e. The van der Waals surface area contributed by atoms with Crippen molar-refractivity contribution >= 4 is 11.9 Å². The van der Waals surface area contributed by atoms with Gasteiger partial charge in [0.15, 0.2) is 0 Å². The number of aryl methyl sites for hydroxylation is 1. The van der Waals surface area contributed by atoms with Crippen LogP contribution in [0.25, 0.3) is 0 Å². The van der Waals surface area contributed by atoms with Crippen LogP contribution < -0.4 is 5.32 Å². The van der Waals surface area contributed by atoms with Crippen LogP contribution in [0.5, 0.6) is 0 Å². The molecule has 0 spiro atoms. The Hall–Kier alpha value is -4.15. The molecule has 1 atom stereocenters. The molecule has 2 aliphatic carbocycles. The fourth-order valence-corrected chi connectivity index (χ4v) is 5.68. The molecule has 3 aliphatic rings. The summed E-state index contributed by atoms with van der Waals surface area (Å²) in [6, 6.07) is 8.89. The molecule has 3 aromatic heterocycles. The van der Waals surface area contributed by atoms with Crippen molar-refractivity contribution in [3.63, 3.8) is 0 Å². The van der Waals surface area contributed by atoms with Crippen molar-refractivity contribution in [1.82, 2.24) is 40.5 Å². The van der Waals surface area contributed by atoms with E-state index < -0.39 is 0 Å². The zero-order chi connectivity index (χ0) is 24.8. The molecule has 4 heterocycles. The van der Waals surface area contributed by atoms with Gasteiger partial charge in [-0.05, 0) is 42.4 Å². The Bertz CT molecular complexity index is 1440. The molecule has 188 valence electrons. The molecule has 1 amide bonds. The first kappa shape index (κ1) is 22.1. The predicted octanol–water partition coefficient (Wildman–Crippen LogP) is 1.96. The maximum atomic E-state index is 12.8. The number of nitrogens with one attached hydrogen (secondary N) is 2. The highest BCUT2D eigenvalue weighted by atomic mass is 16.4. The molecule has 11 heteroatoms. The molecule has 0 bridgehead atoms. The van der Waals surface area contributed by atoms with Crippen molar-refractivity contribution in [3.8, 4) is 0 Å². The summed E-state index contributed by atoms with van der Waals surface area (Å²) in [6.07, 6.45) is 7.17. The van der Waals surface area contributed by atoms with Gasteiger partial charge in [0.25, 0.3) is 0 Å². The normalized spacial score (nSPS) is 18.8. The number of H-pyrrole nitrogens is 1. The Morgan fingerprint density at radius 2 is 1.92 bits per heavy atom. The van der Waals surface area contributed by atoms with E-state index in [2.05, 4.69) is 60.2 Å². The van der Waals surface area contributed by atoms with E-state index in [0.717, 1.165) is 42.8 Å². The minimum atomic E-state index is -0.0399. The van der Waals surface area contributed by atoms with Gasteiger partial charge in [-0.1, -0.05) is 29.5 Å². The average molecular weight is 498 g/mol. The molecule has 2 N–H and O–H groups in total. The summed E-state index contributed by atoms with van der Waals surface area (Å²) in [5.41, 5.74) is 6.80. The summed E-state index contributed by atoms with van der Waals surface area (Å²) in [7, 11) is 0. The van der Waals surface area contributed by atoms with E-state index in [1.165, 1.54) is 16.7 Å². The summed E-state index contributed by atoms with van der Waals surface area (Å²) in [6.45, 7) is 1.09. The van der Waals surface area contributed by atoms with Crippen LogP contribution in [0.3, 0.4) is 0 Å². The maximum Gasteiger partial charge on any atom is 0.232 e. The predicted molar refractivity (Wildman–Crippen MR) is 132 cm³/mol. The molecular weight excluding hydrogens is 470 g/mol. The quantitative estimate of drug-likeness (QED) is 0.424. The molecular formula is C26H27N9O2. The van der Waals surface area contributed by atoms with E-state index in [4.69, 9.17) is 9.40 Å². The molecule has 4 aromatic rings. The van der Waals surface area contributed by atoms with Gasteiger partial charge in [-0.2, -0.15) is 0 Å². The Balaban J connectivity index is 0.991. The summed E-state index contributed by atoms with van der Waals surface area (Å²) >= 11 is 0. The second-order valence-corrected chi connectivity index (χ2v) is 10.1. The maximum absolute atomic E-state index is 12.8. The highest BCUT2D eigenvalue weighted by Gasteiger charge is 2.29. The number of carbonyl (C=O) groups excluding carboxylic acids is 1. The Labute approximate surface area is 213 Å². The Kier molecular flexibility index (Phi) is 5.40. The van der Waals surface area contributed by atoms with Gasteiger partial charge < -0.3 is 14.6 Å². The number of benzene rings is 1. The van der Waals surface area contributed by atoms with Gasteiger partial charge in [0.2, 0.25) is 23.6 Å². The molecule has 1 aliphatic heterocycles. The smallest absolute Gasteiger partial charge is 0.232 e. The van der Waals surface area contributed by atoms with E-state index in [9.17, 15) is 4.79 Å². The molecule has 7 rings (SSSR count). The highest BCUT2D eigenvalue weighted by Crippen LogP contribution is 2.32. The van der Waals surface area contributed by atoms with Gasteiger partial charge in [0.1, 0.15) is 6.42 Å². The number of carbonyl (C=O) groups is 1. The van der Waals surface area contributed by atoms with E-state index in [-0.39, 0.29) is 18.2 Å². The summed E-state index contributed by atoms with van der Waals surface area (Å²) in [5.74, 6) is 1.64. The molecule has 0 saturated heterocycles. The summed E-state index contributed by atoms with van der Waals surface area (Å²) < 4.78 is 5.97. The number of nitrogens with zero attached hydrogens (tertiary/aromatic N) is 7. The molecule has 1 unspecified atom stereocenters. The van der Waals surface area contributed by atoms with E-state index in [1.54, 1.807) is 4.90 Å². The molecule has 0 fully saturated rings. The summed E-state index contributed by atoms with van der Waals surface area (Å²) in [4.78, 5) is 24.0. The first-order chi connectivity index (χ1) is 18.2. The van der Waals surface area contributed by atoms with Crippen molar-refractivity contribution < 1.29 is 9.21 Å². The first-order valence-corrected chi connectivity index (χ1v) is 12.8. The molecule has 1 aromatic carbocycles. The average Bonchev–Trinajstić information content (AvgIpc) is 3.67. The highest BCUT2D eigenvalue weighted by molar-refractivity contribution is 5.78. The number of fused-ring (bicyclic) bond motifs is 3. The lowest BCUT2D eigenvalue weighted by Crippen LogP contribution is -2.37. The van der Waals surface area contributed by atoms with Gasteiger partial charge in [0.05, 0.1) is 17.9 Å². The molecule has 0 saturated carbocycles. The van der Waals surface area contributed by atoms with Crippen LogP contribution >= 0.6 is 0 Å². The fraction of sp³-hybridized carbons (Fsp3) is 0.423. The zero-order valence-corrected chi connectivity index (χ0v) is 20.4. The van der Waals surface area contributed by atoms with Gasteiger partial charge in [-0.25, -0.2) is 9.97 Å². The van der Waals surface area contributed by atoms with Crippen LogP contribution in [0.2, 0.25) is 0 Å². The topological polar surface area (TPSA) is 139 Å². The number of aromatic amines is 1. The van der Waals surface area contributed by atoms with Crippen LogP contribution in [0, 0.1) is 0 Å². The Morgan fingerprint density at radius 1 is 1.05 bits per heavy atom. The second-order valence-electron chi connectivity index (χ2n) is 10.1. The van der Waals surface area contributed by atoms with Crippen molar-refractivity contribution in [2.24, 2.45) is 0 Å². The third-order valence-electron chi connectivity index (χ3n) is 7.70. The Morgan fingerprint density at radius 3 is 2.78 bits per heavy atom. The lowest BCUT2D eigenvalue weighted by molar-refractivity contribution is -0.131. The van der Waals surface area contributed by atoms with Crippen molar-refractivity contribution in [2.45, 2.75) is 63.5 Å². The molecule has 37 heavy (non-hydrogen) atoms. The van der Waals surface area contributed by atoms with Crippen LogP contribution in [-0.2, 0) is 49.9 Å². The van der Waals surface area contributed by atoms with Crippen molar-refractivity contribution in [1.29, 1.82) is 0 Å². The minimum absolute atomic E-state index is 0.0399. The van der Waals surface area contributed by atoms with Gasteiger partial charge in [-0.3, -0.25) is 9.89 Å². The third kappa shape index (κ3) is 4.34. The number of anilines is 1. The van der Waals surface area contributed by atoms with Gasteiger partial charge >= 0.3 is 0 Å². The third-order valence-corrected chi connectivity index (χ3v) is 7.70. The van der Waals surface area contributed by atoms with Crippen LogP contribution in [-0.4, -0.2) is 59.0 Å². The number of amides is 1.